The molecule has 3 nitrogen and oxygen atoms in total. The summed E-state index contributed by atoms with van der Waals surface area (Å²) in [6.45, 7) is 4.48. The fraction of sp³-hybridized carbons (Fsp3) is 0.625. The second kappa shape index (κ2) is 9.86. The van der Waals surface area contributed by atoms with Gasteiger partial charge in [0.25, 0.3) is 0 Å². The molecule has 1 aromatic carbocycles. The summed E-state index contributed by atoms with van der Waals surface area (Å²) in [6.07, 6.45) is 2.01. The number of rotatable bonds is 10. The van der Waals surface area contributed by atoms with Crippen LogP contribution in [0, 0.1) is 11.7 Å². The molecule has 0 amide bonds. The van der Waals surface area contributed by atoms with Gasteiger partial charge in [-0.05, 0) is 49.9 Å². The Morgan fingerprint density at radius 2 is 2.10 bits per heavy atom. The van der Waals surface area contributed by atoms with E-state index in [1.807, 2.05) is 6.07 Å². The van der Waals surface area contributed by atoms with Crippen molar-refractivity contribution in [1.82, 2.24) is 5.32 Å². The zero-order valence-electron chi connectivity index (χ0n) is 12.7. The SMILES string of the molecule is COCCNCC(Cc1cccc(F)c1)CC(C)OC. The number of methoxy groups -OCH3 is 2. The molecule has 2 unspecified atom stereocenters. The Balaban J connectivity index is 2.52. The van der Waals surface area contributed by atoms with Crippen LogP contribution in [0.3, 0.4) is 0 Å². The van der Waals surface area contributed by atoms with Crippen molar-refractivity contribution in [1.29, 1.82) is 0 Å². The summed E-state index contributed by atoms with van der Waals surface area (Å²) in [5, 5.41) is 3.38. The molecule has 1 aromatic rings. The molecule has 1 rings (SSSR count). The molecule has 0 bridgehead atoms. The van der Waals surface area contributed by atoms with Crippen LogP contribution < -0.4 is 5.32 Å². The molecule has 20 heavy (non-hydrogen) atoms. The van der Waals surface area contributed by atoms with E-state index in [1.165, 1.54) is 6.07 Å². The molecule has 0 radical (unpaired) electrons. The molecule has 0 fully saturated rings. The van der Waals surface area contributed by atoms with Gasteiger partial charge in [0, 0.05) is 20.8 Å². The lowest BCUT2D eigenvalue weighted by atomic mass is 9.94. The molecule has 1 N–H and O–H groups in total. The Kier molecular flexibility index (Phi) is 8.42. The fourth-order valence-electron chi connectivity index (χ4n) is 2.28. The normalized spacial score (nSPS) is 14.2. The van der Waals surface area contributed by atoms with Gasteiger partial charge >= 0.3 is 0 Å². The van der Waals surface area contributed by atoms with E-state index in [-0.39, 0.29) is 11.9 Å². The maximum Gasteiger partial charge on any atom is 0.123 e. The van der Waals surface area contributed by atoms with Gasteiger partial charge in [-0.3, -0.25) is 0 Å². The van der Waals surface area contributed by atoms with Crippen LogP contribution in [0.15, 0.2) is 24.3 Å². The summed E-state index contributed by atoms with van der Waals surface area (Å²) in [7, 11) is 3.42. The lowest BCUT2D eigenvalue weighted by Crippen LogP contribution is -2.29. The lowest BCUT2D eigenvalue weighted by Gasteiger charge is -2.21. The van der Waals surface area contributed by atoms with Crippen LogP contribution in [0.4, 0.5) is 4.39 Å². The summed E-state index contributed by atoms with van der Waals surface area (Å²) < 4.78 is 23.6. The summed E-state index contributed by atoms with van der Waals surface area (Å²) in [5.74, 6) is 0.247. The highest BCUT2D eigenvalue weighted by Gasteiger charge is 2.14. The molecule has 0 aliphatic rings. The summed E-state index contributed by atoms with van der Waals surface area (Å²) in [4.78, 5) is 0. The van der Waals surface area contributed by atoms with E-state index in [1.54, 1.807) is 26.4 Å². The zero-order chi connectivity index (χ0) is 14.8. The number of halogens is 1. The number of nitrogens with one attached hydrogen (secondary N) is 1. The molecule has 114 valence electrons. The van der Waals surface area contributed by atoms with Gasteiger partial charge in [0.1, 0.15) is 5.82 Å². The van der Waals surface area contributed by atoms with Crippen molar-refractivity contribution < 1.29 is 13.9 Å². The average molecular weight is 283 g/mol. The first-order valence-corrected chi connectivity index (χ1v) is 7.12. The predicted molar refractivity (Wildman–Crippen MR) is 79.4 cm³/mol. The Labute approximate surface area is 121 Å². The molecular weight excluding hydrogens is 257 g/mol. The first-order chi connectivity index (χ1) is 9.65. The third kappa shape index (κ3) is 6.98. The standard InChI is InChI=1S/C16H26FNO2/c1-13(20-3)9-15(12-18-7-8-19-2)10-14-5-4-6-16(17)11-14/h4-6,11,13,15,18H,7-10,12H2,1-3H3. The van der Waals surface area contributed by atoms with E-state index >= 15 is 0 Å². The van der Waals surface area contributed by atoms with Crippen molar-refractivity contribution >= 4 is 0 Å². The van der Waals surface area contributed by atoms with Crippen molar-refractivity contribution in [2.24, 2.45) is 5.92 Å². The molecule has 4 heteroatoms. The highest BCUT2D eigenvalue weighted by atomic mass is 19.1. The van der Waals surface area contributed by atoms with Crippen molar-refractivity contribution in [3.05, 3.63) is 35.6 Å². The van der Waals surface area contributed by atoms with Gasteiger partial charge in [0.15, 0.2) is 0 Å². The molecule has 0 saturated carbocycles. The van der Waals surface area contributed by atoms with Crippen LogP contribution in [0.1, 0.15) is 18.9 Å². The van der Waals surface area contributed by atoms with E-state index < -0.39 is 0 Å². The van der Waals surface area contributed by atoms with Crippen molar-refractivity contribution in [3.63, 3.8) is 0 Å². The molecule has 0 aliphatic carbocycles. The van der Waals surface area contributed by atoms with Crippen LogP contribution in [0.2, 0.25) is 0 Å². The minimum Gasteiger partial charge on any atom is -0.383 e. The highest BCUT2D eigenvalue weighted by Crippen LogP contribution is 2.16. The van der Waals surface area contributed by atoms with Gasteiger partial charge in [-0.1, -0.05) is 12.1 Å². The maximum absolute atomic E-state index is 13.2. The number of hydrogen-bond donors (Lipinski definition) is 1. The molecule has 0 spiro atoms. The van der Waals surface area contributed by atoms with Gasteiger partial charge in [0.05, 0.1) is 12.7 Å². The minimum atomic E-state index is -0.173. The number of benzene rings is 1. The Morgan fingerprint density at radius 1 is 1.30 bits per heavy atom. The van der Waals surface area contributed by atoms with Crippen LogP contribution in [-0.2, 0) is 15.9 Å². The minimum absolute atomic E-state index is 0.173. The van der Waals surface area contributed by atoms with Crippen LogP contribution in [0.5, 0.6) is 0 Å². The third-order valence-electron chi connectivity index (χ3n) is 3.40. The predicted octanol–water partition coefficient (Wildman–Crippen LogP) is 2.65. The Bertz CT molecular complexity index is 373. The fourth-order valence-corrected chi connectivity index (χ4v) is 2.28. The van der Waals surface area contributed by atoms with Crippen molar-refractivity contribution in [3.8, 4) is 0 Å². The van der Waals surface area contributed by atoms with E-state index in [0.717, 1.165) is 31.5 Å². The van der Waals surface area contributed by atoms with Crippen LogP contribution in [0.25, 0.3) is 0 Å². The topological polar surface area (TPSA) is 30.5 Å². The van der Waals surface area contributed by atoms with Gasteiger partial charge in [-0.25, -0.2) is 4.39 Å². The number of hydrogen-bond acceptors (Lipinski definition) is 3. The number of ether oxygens (including phenoxy) is 2. The van der Waals surface area contributed by atoms with Gasteiger partial charge in [-0.2, -0.15) is 0 Å². The van der Waals surface area contributed by atoms with Crippen molar-refractivity contribution in [2.45, 2.75) is 25.9 Å². The van der Waals surface area contributed by atoms with Gasteiger partial charge in [-0.15, -0.1) is 0 Å². The van der Waals surface area contributed by atoms with E-state index in [2.05, 4.69) is 12.2 Å². The van der Waals surface area contributed by atoms with E-state index in [9.17, 15) is 4.39 Å². The zero-order valence-corrected chi connectivity index (χ0v) is 12.7. The first kappa shape index (κ1) is 17.1. The summed E-state index contributed by atoms with van der Waals surface area (Å²) in [6, 6.07) is 6.83. The molecular formula is C16H26FNO2. The van der Waals surface area contributed by atoms with E-state index in [0.29, 0.717) is 12.5 Å². The summed E-state index contributed by atoms with van der Waals surface area (Å²) in [5.41, 5.74) is 1.03. The lowest BCUT2D eigenvalue weighted by molar-refractivity contribution is 0.0941. The first-order valence-electron chi connectivity index (χ1n) is 7.12. The molecule has 0 saturated heterocycles. The Hall–Kier alpha value is -0.970. The highest BCUT2D eigenvalue weighted by molar-refractivity contribution is 5.17. The van der Waals surface area contributed by atoms with Crippen LogP contribution >= 0.6 is 0 Å². The quantitative estimate of drug-likeness (QED) is 0.670. The second-order valence-corrected chi connectivity index (χ2v) is 5.18. The molecule has 0 aliphatic heterocycles. The van der Waals surface area contributed by atoms with Gasteiger partial charge in [0.2, 0.25) is 0 Å². The molecule has 0 aromatic heterocycles. The largest absolute Gasteiger partial charge is 0.383 e. The molecule has 2 atom stereocenters. The average Bonchev–Trinajstić information content (AvgIpc) is 2.43. The third-order valence-corrected chi connectivity index (χ3v) is 3.40. The smallest absolute Gasteiger partial charge is 0.123 e. The monoisotopic (exact) mass is 283 g/mol. The van der Waals surface area contributed by atoms with Crippen LogP contribution in [-0.4, -0.2) is 40.0 Å². The van der Waals surface area contributed by atoms with Crippen molar-refractivity contribution in [2.75, 3.05) is 33.9 Å². The molecule has 0 heterocycles. The second-order valence-electron chi connectivity index (χ2n) is 5.18. The Morgan fingerprint density at radius 3 is 2.75 bits per heavy atom. The van der Waals surface area contributed by atoms with Gasteiger partial charge < -0.3 is 14.8 Å². The maximum atomic E-state index is 13.2. The van der Waals surface area contributed by atoms with E-state index in [4.69, 9.17) is 9.47 Å². The summed E-state index contributed by atoms with van der Waals surface area (Å²) >= 11 is 0.